The van der Waals surface area contributed by atoms with Crippen molar-refractivity contribution < 1.29 is 0 Å². The summed E-state index contributed by atoms with van der Waals surface area (Å²) < 4.78 is 1.06. The van der Waals surface area contributed by atoms with E-state index in [0.717, 1.165) is 23.1 Å². The Balaban J connectivity index is 3.30. The van der Waals surface area contributed by atoms with Crippen molar-refractivity contribution in [2.45, 2.75) is 20.3 Å². The van der Waals surface area contributed by atoms with Crippen LogP contribution in [0.2, 0.25) is 0 Å². The molecular formula is C11H13BrN2. The minimum absolute atomic E-state index is 0.715. The Hall–Kier alpha value is -1.01. The Labute approximate surface area is 93.1 Å². The van der Waals surface area contributed by atoms with Crippen LogP contribution in [-0.2, 0) is 6.42 Å². The zero-order valence-corrected chi connectivity index (χ0v) is 9.98. The van der Waals surface area contributed by atoms with Crippen LogP contribution in [0.1, 0.15) is 25.0 Å². The first-order valence-corrected chi connectivity index (χ1v) is 5.49. The molecule has 1 aromatic carbocycles. The van der Waals surface area contributed by atoms with E-state index < -0.39 is 0 Å². The molecule has 3 heteroatoms. The maximum Gasteiger partial charge on any atom is 0.101 e. The second-order valence-corrected chi connectivity index (χ2v) is 3.80. The Kier molecular flexibility index (Phi) is 3.97. The molecule has 0 amide bonds. The van der Waals surface area contributed by atoms with Crippen LogP contribution in [-0.4, -0.2) is 6.54 Å². The average Bonchev–Trinajstić information content (AvgIpc) is 2.19. The summed E-state index contributed by atoms with van der Waals surface area (Å²) >= 11 is 3.49. The quantitative estimate of drug-likeness (QED) is 0.896. The van der Waals surface area contributed by atoms with Crippen molar-refractivity contribution in [2.75, 3.05) is 11.9 Å². The molecule has 1 N–H and O–H groups in total. The second kappa shape index (κ2) is 5.02. The van der Waals surface area contributed by atoms with Gasteiger partial charge in [0, 0.05) is 11.0 Å². The molecule has 0 radical (unpaired) electrons. The van der Waals surface area contributed by atoms with Crippen molar-refractivity contribution in [3.05, 3.63) is 27.7 Å². The molecule has 0 aliphatic heterocycles. The smallest absolute Gasteiger partial charge is 0.101 e. The summed E-state index contributed by atoms with van der Waals surface area (Å²) in [4.78, 5) is 0. The molecule has 0 aliphatic carbocycles. The highest BCUT2D eigenvalue weighted by Gasteiger charge is 2.09. The van der Waals surface area contributed by atoms with Gasteiger partial charge in [-0.05, 0) is 31.0 Å². The van der Waals surface area contributed by atoms with Crippen molar-refractivity contribution in [1.29, 1.82) is 5.26 Å². The zero-order valence-electron chi connectivity index (χ0n) is 8.39. The van der Waals surface area contributed by atoms with Crippen LogP contribution in [0.3, 0.4) is 0 Å². The molecule has 0 spiro atoms. The minimum atomic E-state index is 0.715. The fraction of sp³-hybridized carbons (Fsp3) is 0.364. The van der Waals surface area contributed by atoms with Gasteiger partial charge in [0.05, 0.1) is 11.3 Å². The Bertz CT molecular complexity index is 366. The van der Waals surface area contributed by atoms with Gasteiger partial charge in [-0.1, -0.05) is 22.9 Å². The van der Waals surface area contributed by atoms with E-state index in [4.69, 9.17) is 5.26 Å². The summed E-state index contributed by atoms with van der Waals surface area (Å²) in [5.41, 5.74) is 2.85. The first-order valence-electron chi connectivity index (χ1n) is 4.69. The van der Waals surface area contributed by atoms with Gasteiger partial charge in [-0.25, -0.2) is 0 Å². The van der Waals surface area contributed by atoms with E-state index in [1.54, 1.807) is 0 Å². The van der Waals surface area contributed by atoms with Crippen molar-refractivity contribution in [2.24, 2.45) is 0 Å². The predicted octanol–water partition coefficient (Wildman–Crippen LogP) is 3.31. The maximum atomic E-state index is 8.95. The van der Waals surface area contributed by atoms with E-state index in [-0.39, 0.29) is 0 Å². The fourth-order valence-corrected chi connectivity index (χ4v) is 2.05. The zero-order chi connectivity index (χ0) is 10.6. The number of anilines is 1. The topological polar surface area (TPSA) is 35.8 Å². The molecule has 0 aromatic heterocycles. The molecule has 0 heterocycles. The highest BCUT2D eigenvalue weighted by atomic mass is 79.9. The number of benzene rings is 1. The van der Waals surface area contributed by atoms with E-state index in [2.05, 4.69) is 34.2 Å². The molecule has 0 fully saturated rings. The lowest BCUT2D eigenvalue weighted by Crippen LogP contribution is -2.03. The first-order chi connectivity index (χ1) is 6.74. The number of hydrogen-bond acceptors (Lipinski definition) is 2. The van der Waals surface area contributed by atoms with Gasteiger partial charge < -0.3 is 5.32 Å². The molecule has 1 rings (SSSR count). The number of halogens is 1. The van der Waals surface area contributed by atoms with Crippen molar-refractivity contribution >= 4 is 21.6 Å². The number of nitrogens with one attached hydrogen (secondary N) is 1. The normalized spacial score (nSPS) is 9.57. The lowest BCUT2D eigenvalue weighted by atomic mass is 10.1. The minimum Gasteiger partial charge on any atom is -0.384 e. The molecule has 14 heavy (non-hydrogen) atoms. The van der Waals surface area contributed by atoms with Gasteiger partial charge in [-0.15, -0.1) is 0 Å². The van der Waals surface area contributed by atoms with E-state index in [1.807, 2.05) is 19.1 Å². The predicted molar refractivity (Wildman–Crippen MR) is 62.4 cm³/mol. The highest BCUT2D eigenvalue weighted by Crippen LogP contribution is 2.28. The van der Waals surface area contributed by atoms with Gasteiger partial charge in [-0.3, -0.25) is 0 Å². The maximum absolute atomic E-state index is 8.95. The molecule has 0 saturated carbocycles. The average molecular weight is 253 g/mol. The Morgan fingerprint density at radius 3 is 2.64 bits per heavy atom. The molecule has 0 aliphatic rings. The summed E-state index contributed by atoms with van der Waals surface area (Å²) in [7, 11) is 0. The second-order valence-electron chi connectivity index (χ2n) is 2.94. The third kappa shape index (κ3) is 2.08. The summed E-state index contributed by atoms with van der Waals surface area (Å²) in [6.45, 7) is 4.95. The van der Waals surface area contributed by atoms with Crippen LogP contribution >= 0.6 is 15.9 Å². The first kappa shape index (κ1) is 11.1. The van der Waals surface area contributed by atoms with Crippen LogP contribution in [0, 0.1) is 11.3 Å². The number of rotatable bonds is 3. The van der Waals surface area contributed by atoms with Crippen LogP contribution in [0.5, 0.6) is 0 Å². The van der Waals surface area contributed by atoms with Gasteiger partial charge in [-0.2, -0.15) is 5.26 Å². The van der Waals surface area contributed by atoms with Crippen LogP contribution in [0.15, 0.2) is 16.6 Å². The summed E-state index contributed by atoms with van der Waals surface area (Å²) in [5, 5.41) is 12.2. The lowest BCUT2D eigenvalue weighted by Gasteiger charge is -2.12. The monoisotopic (exact) mass is 252 g/mol. The van der Waals surface area contributed by atoms with Gasteiger partial charge in [0.25, 0.3) is 0 Å². The summed E-state index contributed by atoms with van der Waals surface area (Å²) in [6, 6.07) is 5.96. The molecule has 0 bridgehead atoms. The van der Waals surface area contributed by atoms with Gasteiger partial charge in [0.1, 0.15) is 6.07 Å². The fourth-order valence-electron chi connectivity index (χ4n) is 1.44. The molecular weight excluding hydrogens is 240 g/mol. The molecule has 0 atom stereocenters. The molecule has 1 aromatic rings. The number of nitriles is 1. The van der Waals surface area contributed by atoms with Crippen molar-refractivity contribution in [3.8, 4) is 6.07 Å². The van der Waals surface area contributed by atoms with E-state index >= 15 is 0 Å². The molecule has 0 unspecified atom stereocenters. The third-order valence-corrected chi connectivity index (χ3v) is 2.83. The van der Waals surface area contributed by atoms with Gasteiger partial charge >= 0.3 is 0 Å². The summed E-state index contributed by atoms with van der Waals surface area (Å²) in [5.74, 6) is 0. The SMILES string of the molecule is CCNc1c(C#N)ccc(Br)c1CC. The largest absolute Gasteiger partial charge is 0.384 e. The lowest BCUT2D eigenvalue weighted by molar-refractivity contribution is 1.10. The van der Waals surface area contributed by atoms with Crippen LogP contribution in [0.4, 0.5) is 5.69 Å². The standard InChI is InChI=1S/C11H13BrN2/c1-3-9-10(12)6-5-8(7-13)11(9)14-4-2/h5-6,14H,3-4H2,1-2H3. The Morgan fingerprint density at radius 1 is 1.43 bits per heavy atom. The van der Waals surface area contributed by atoms with E-state index in [0.29, 0.717) is 5.56 Å². The van der Waals surface area contributed by atoms with Crippen molar-refractivity contribution in [1.82, 2.24) is 0 Å². The molecule has 74 valence electrons. The summed E-state index contributed by atoms with van der Waals surface area (Å²) in [6.07, 6.45) is 0.915. The van der Waals surface area contributed by atoms with Crippen LogP contribution in [0.25, 0.3) is 0 Å². The molecule has 2 nitrogen and oxygen atoms in total. The van der Waals surface area contributed by atoms with E-state index in [9.17, 15) is 0 Å². The number of hydrogen-bond donors (Lipinski definition) is 1. The van der Waals surface area contributed by atoms with Crippen molar-refractivity contribution in [3.63, 3.8) is 0 Å². The third-order valence-electron chi connectivity index (χ3n) is 2.08. The van der Waals surface area contributed by atoms with Gasteiger partial charge in [0.2, 0.25) is 0 Å². The number of nitrogens with zero attached hydrogens (tertiary/aromatic N) is 1. The van der Waals surface area contributed by atoms with Gasteiger partial charge in [0.15, 0.2) is 0 Å². The molecule has 0 saturated heterocycles. The van der Waals surface area contributed by atoms with Crippen LogP contribution < -0.4 is 5.32 Å². The highest BCUT2D eigenvalue weighted by molar-refractivity contribution is 9.10. The van der Waals surface area contributed by atoms with E-state index in [1.165, 1.54) is 5.56 Å². The Morgan fingerprint density at radius 2 is 2.14 bits per heavy atom.